The number of rotatable bonds is 3. The van der Waals surface area contributed by atoms with E-state index in [9.17, 15) is 4.79 Å². The molecule has 20 heavy (non-hydrogen) atoms. The van der Waals surface area contributed by atoms with Gasteiger partial charge in [-0.05, 0) is 31.5 Å². The first-order valence-electron chi connectivity index (χ1n) is 6.96. The lowest BCUT2D eigenvalue weighted by atomic mass is 10.0. The number of imidazole rings is 1. The Bertz CT molecular complexity index is 573. The molecule has 0 saturated carbocycles. The standard InChI is InChI=1S/C15H18N4O/c20-15(13-6-3-4-8-17-13)18-12-5-1-2-7-14(12)19-10-9-16-11-19/h1-2,5,7,9-11,13,17H,3-4,6,8H2,(H,18,20)/t13-/m0/s1. The normalized spacial score (nSPS) is 18.7. The van der Waals surface area contributed by atoms with Gasteiger partial charge in [0.25, 0.3) is 0 Å². The number of hydrogen-bond acceptors (Lipinski definition) is 3. The van der Waals surface area contributed by atoms with E-state index in [4.69, 9.17) is 0 Å². The fourth-order valence-electron chi connectivity index (χ4n) is 2.50. The molecule has 1 fully saturated rings. The Morgan fingerprint density at radius 3 is 3.00 bits per heavy atom. The molecule has 1 atom stereocenters. The second-order valence-electron chi connectivity index (χ2n) is 4.98. The molecule has 2 aromatic rings. The molecule has 1 aliphatic heterocycles. The predicted octanol–water partition coefficient (Wildman–Crippen LogP) is 1.95. The quantitative estimate of drug-likeness (QED) is 0.896. The van der Waals surface area contributed by atoms with E-state index >= 15 is 0 Å². The highest BCUT2D eigenvalue weighted by Gasteiger charge is 2.21. The van der Waals surface area contributed by atoms with Crippen molar-refractivity contribution >= 4 is 11.6 Å². The summed E-state index contributed by atoms with van der Waals surface area (Å²) in [7, 11) is 0. The van der Waals surface area contributed by atoms with Crippen LogP contribution in [-0.2, 0) is 4.79 Å². The van der Waals surface area contributed by atoms with Crippen LogP contribution in [0.15, 0.2) is 43.0 Å². The maximum atomic E-state index is 12.3. The van der Waals surface area contributed by atoms with Crippen LogP contribution in [0.4, 0.5) is 5.69 Å². The molecule has 1 amide bonds. The summed E-state index contributed by atoms with van der Waals surface area (Å²) < 4.78 is 1.89. The fraction of sp³-hybridized carbons (Fsp3) is 0.333. The SMILES string of the molecule is O=C(Nc1ccccc1-n1ccnc1)[C@@H]1CCCCN1. The van der Waals surface area contributed by atoms with Crippen molar-refractivity contribution < 1.29 is 4.79 Å². The maximum Gasteiger partial charge on any atom is 0.241 e. The molecule has 1 aliphatic rings. The number of nitrogens with one attached hydrogen (secondary N) is 2. The van der Waals surface area contributed by atoms with Crippen molar-refractivity contribution in [3.8, 4) is 5.69 Å². The Morgan fingerprint density at radius 1 is 1.35 bits per heavy atom. The van der Waals surface area contributed by atoms with Gasteiger partial charge in [-0.1, -0.05) is 18.6 Å². The van der Waals surface area contributed by atoms with E-state index in [2.05, 4.69) is 15.6 Å². The highest BCUT2D eigenvalue weighted by molar-refractivity contribution is 5.96. The molecule has 5 nitrogen and oxygen atoms in total. The van der Waals surface area contributed by atoms with E-state index in [1.807, 2.05) is 35.0 Å². The van der Waals surface area contributed by atoms with Gasteiger partial charge >= 0.3 is 0 Å². The van der Waals surface area contributed by atoms with Crippen LogP contribution in [0.2, 0.25) is 0 Å². The van der Waals surface area contributed by atoms with Gasteiger partial charge in [0.15, 0.2) is 0 Å². The minimum absolute atomic E-state index is 0.0391. The summed E-state index contributed by atoms with van der Waals surface area (Å²) in [6.07, 6.45) is 8.47. The van der Waals surface area contributed by atoms with Crippen LogP contribution < -0.4 is 10.6 Å². The number of nitrogens with zero attached hydrogens (tertiary/aromatic N) is 2. The van der Waals surface area contributed by atoms with Gasteiger partial charge < -0.3 is 15.2 Å². The van der Waals surface area contributed by atoms with Crippen molar-refractivity contribution in [1.29, 1.82) is 0 Å². The van der Waals surface area contributed by atoms with Gasteiger partial charge in [-0.15, -0.1) is 0 Å². The van der Waals surface area contributed by atoms with Gasteiger partial charge in [0.05, 0.1) is 23.7 Å². The molecule has 0 radical (unpaired) electrons. The van der Waals surface area contributed by atoms with Crippen LogP contribution in [0.3, 0.4) is 0 Å². The first kappa shape index (κ1) is 12.9. The Morgan fingerprint density at radius 2 is 2.25 bits per heavy atom. The van der Waals surface area contributed by atoms with Crippen LogP contribution in [0.1, 0.15) is 19.3 Å². The van der Waals surface area contributed by atoms with Crippen molar-refractivity contribution in [2.75, 3.05) is 11.9 Å². The lowest BCUT2D eigenvalue weighted by molar-refractivity contribution is -0.118. The topological polar surface area (TPSA) is 59.0 Å². The van der Waals surface area contributed by atoms with Crippen molar-refractivity contribution in [3.05, 3.63) is 43.0 Å². The maximum absolute atomic E-state index is 12.3. The van der Waals surface area contributed by atoms with E-state index in [1.165, 1.54) is 0 Å². The van der Waals surface area contributed by atoms with Gasteiger partial charge in [-0.2, -0.15) is 0 Å². The zero-order valence-electron chi connectivity index (χ0n) is 11.2. The Balaban J connectivity index is 1.79. The van der Waals surface area contributed by atoms with E-state index in [1.54, 1.807) is 12.5 Å². The number of carbonyl (C=O) groups excluding carboxylic acids is 1. The van der Waals surface area contributed by atoms with E-state index < -0.39 is 0 Å². The van der Waals surface area contributed by atoms with Crippen molar-refractivity contribution in [1.82, 2.24) is 14.9 Å². The molecule has 3 rings (SSSR count). The first-order chi connectivity index (χ1) is 9.84. The molecule has 104 valence electrons. The van der Waals surface area contributed by atoms with Gasteiger partial charge in [0, 0.05) is 12.4 Å². The van der Waals surface area contributed by atoms with Gasteiger partial charge in [-0.25, -0.2) is 4.98 Å². The summed E-state index contributed by atoms with van der Waals surface area (Å²) in [5.74, 6) is 0.0391. The van der Waals surface area contributed by atoms with Crippen LogP contribution in [0.25, 0.3) is 5.69 Å². The third-order valence-electron chi connectivity index (χ3n) is 3.57. The van der Waals surface area contributed by atoms with Gasteiger partial charge in [0.2, 0.25) is 5.91 Å². The molecule has 0 bridgehead atoms. The van der Waals surface area contributed by atoms with E-state index in [0.29, 0.717) is 0 Å². The summed E-state index contributed by atoms with van der Waals surface area (Å²) >= 11 is 0. The highest BCUT2D eigenvalue weighted by Crippen LogP contribution is 2.20. The average Bonchev–Trinajstić information content (AvgIpc) is 3.03. The summed E-state index contributed by atoms with van der Waals surface area (Å²) in [4.78, 5) is 16.3. The number of aromatic nitrogens is 2. The second kappa shape index (κ2) is 5.88. The summed E-state index contributed by atoms with van der Waals surface area (Å²) in [5.41, 5.74) is 1.73. The average molecular weight is 270 g/mol. The Hall–Kier alpha value is -2.14. The Labute approximate surface area is 118 Å². The van der Waals surface area contributed by atoms with Crippen LogP contribution in [0, 0.1) is 0 Å². The number of carbonyl (C=O) groups is 1. The molecular formula is C15H18N4O. The molecule has 2 N–H and O–H groups in total. The largest absolute Gasteiger partial charge is 0.323 e. The summed E-state index contributed by atoms with van der Waals surface area (Å²) in [6, 6.07) is 7.66. The molecule has 0 unspecified atom stereocenters. The number of anilines is 1. The van der Waals surface area contributed by atoms with E-state index in [0.717, 1.165) is 37.2 Å². The molecule has 5 heteroatoms. The zero-order chi connectivity index (χ0) is 13.8. The molecule has 1 aromatic heterocycles. The smallest absolute Gasteiger partial charge is 0.241 e. The lowest BCUT2D eigenvalue weighted by Gasteiger charge is -2.23. The predicted molar refractivity (Wildman–Crippen MR) is 77.8 cm³/mol. The van der Waals surface area contributed by atoms with Gasteiger partial charge in [0.1, 0.15) is 0 Å². The number of hydrogen-bond donors (Lipinski definition) is 2. The molecule has 1 aromatic carbocycles. The summed E-state index contributed by atoms with van der Waals surface area (Å²) in [6.45, 7) is 0.918. The van der Waals surface area contributed by atoms with Crippen molar-refractivity contribution in [3.63, 3.8) is 0 Å². The number of benzene rings is 1. The fourth-order valence-corrected chi connectivity index (χ4v) is 2.50. The first-order valence-corrected chi connectivity index (χ1v) is 6.96. The Kier molecular flexibility index (Phi) is 3.78. The molecule has 0 spiro atoms. The summed E-state index contributed by atoms with van der Waals surface area (Å²) in [5, 5.41) is 6.28. The van der Waals surface area contributed by atoms with Crippen LogP contribution in [-0.4, -0.2) is 28.0 Å². The zero-order valence-corrected chi connectivity index (χ0v) is 11.2. The van der Waals surface area contributed by atoms with Crippen molar-refractivity contribution in [2.45, 2.75) is 25.3 Å². The molecule has 2 heterocycles. The molecular weight excluding hydrogens is 252 g/mol. The monoisotopic (exact) mass is 270 g/mol. The van der Waals surface area contributed by atoms with Crippen LogP contribution >= 0.6 is 0 Å². The minimum Gasteiger partial charge on any atom is -0.323 e. The molecule has 1 saturated heterocycles. The van der Waals surface area contributed by atoms with Crippen LogP contribution in [0.5, 0.6) is 0 Å². The minimum atomic E-state index is -0.0837. The number of piperidine rings is 1. The number of amides is 1. The van der Waals surface area contributed by atoms with Crippen molar-refractivity contribution in [2.24, 2.45) is 0 Å². The van der Waals surface area contributed by atoms with Gasteiger partial charge in [-0.3, -0.25) is 4.79 Å². The third-order valence-corrected chi connectivity index (χ3v) is 3.57. The third kappa shape index (κ3) is 2.72. The molecule has 0 aliphatic carbocycles. The second-order valence-corrected chi connectivity index (χ2v) is 4.98. The van der Waals surface area contributed by atoms with E-state index in [-0.39, 0.29) is 11.9 Å². The number of para-hydroxylation sites is 2. The highest BCUT2D eigenvalue weighted by atomic mass is 16.2. The lowest BCUT2D eigenvalue weighted by Crippen LogP contribution is -2.43.